The molecule has 0 saturated carbocycles. The standard InChI is InChI=1S/C17H17NOS/c1-11-7-14(18)8-12(2)17(11)19-9-13-10-20-16-6-4-3-5-15(13)16/h3-8,10H,9,18H2,1-2H3. The van der Waals surface area contributed by atoms with E-state index in [1.807, 2.05) is 26.0 Å². The number of rotatable bonds is 3. The van der Waals surface area contributed by atoms with E-state index in [0.29, 0.717) is 6.61 Å². The van der Waals surface area contributed by atoms with Crippen LogP contribution in [0.1, 0.15) is 16.7 Å². The molecule has 0 amide bonds. The zero-order valence-corrected chi connectivity index (χ0v) is 12.5. The minimum Gasteiger partial charge on any atom is -0.488 e. The Kier molecular flexibility index (Phi) is 3.36. The van der Waals surface area contributed by atoms with Crippen molar-refractivity contribution in [2.45, 2.75) is 20.5 Å². The van der Waals surface area contributed by atoms with E-state index in [2.05, 4.69) is 29.6 Å². The zero-order valence-electron chi connectivity index (χ0n) is 11.6. The quantitative estimate of drug-likeness (QED) is 0.708. The molecule has 3 rings (SSSR count). The first-order valence-electron chi connectivity index (χ1n) is 6.60. The third-order valence-electron chi connectivity index (χ3n) is 3.42. The molecule has 1 aromatic heterocycles. The maximum absolute atomic E-state index is 6.03. The SMILES string of the molecule is Cc1cc(N)cc(C)c1OCc1csc2ccccc12. The van der Waals surface area contributed by atoms with Gasteiger partial charge in [0.15, 0.2) is 0 Å². The van der Waals surface area contributed by atoms with Crippen molar-refractivity contribution in [3.63, 3.8) is 0 Å². The van der Waals surface area contributed by atoms with Gasteiger partial charge in [0.1, 0.15) is 12.4 Å². The lowest BCUT2D eigenvalue weighted by molar-refractivity contribution is 0.304. The molecule has 0 aliphatic rings. The lowest BCUT2D eigenvalue weighted by Crippen LogP contribution is -1.99. The number of nitrogens with two attached hydrogens (primary N) is 1. The van der Waals surface area contributed by atoms with Crippen LogP contribution < -0.4 is 10.5 Å². The molecule has 3 aromatic rings. The molecule has 3 heteroatoms. The highest BCUT2D eigenvalue weighted by molar-refractivity contribution is 7.17. The fraction of sp³-hybridized carbons (Fsp3) is 0.176. The van der Waals surface area contributed by atoms with E-state index in [1.54, 1.807) is 11.3 Å². The fourth-order valence-corrected chi connectivity index (χ4v) is 3.45. The summed E-state index contributed by atoms with van der Waals surface area (Å²) in [6.07, 6.45) is 0. The summed E-state index contributed by atoms with van der Waals surface area (Å²) in [6, 6.07) is 12.3. The normalized spacial score (nSPS) is 10.9. The molecular formula is C17H17NOS. The topological polar surface area (TPSA) is 35.2 Å². The van der Waals surface area contributed by atoms with Crippen LogP contribution in [0.4, 0.5) is 5.69 Å². The van der Waals surface area contributed by atoms with Crippen LogP contribution in [0.15, 0.2) is 41.8 Å². The molecular weight excluding hydrogens is 266 g/mol. The summed E-state index contributed by atoms with van der Waals surface area (Å²) in [4.78, 5) is 0. The Balaban J connectivity index is 1.87. The van der Waals surface area contributed by atoms with Gasteiger partial charge < -0.3 is 10.5 Å². The molecule has 0 fully saturated rings. The summed E-state index contributed by atoms with van der Waals surface area (Å²) >= 11 is 1.76. The second-order valence-electron chi connectivity index (χ2n) is 5.03. The predicted molar refractivity (Wildman–Crippen MR) is 86.5 cm³/mol. The van der Waals surface area contributed by atoms with Crippen LogP contribution in [-0.4, -0.2) is 0 Å². The van der Waals surface area contributed by atoms with Crippen molar-refractivity contribution >= 4 is 27.1 Å². The predicted octanol–water partition coefficient (Wildman–Crippen LogP) is 4.68. The number of ether oxygens (including phenoxy) is 1. The van der Waals surface area contributed by atoms with Crippen molar-refractivity contribution in [3.8, 4) is 5.75 Å². The van der Waals surface area contributed by atoms with Crippen molar-refractivity contribution < 1.29 is 4.74 Å². The molecule has 0 unspecified atom stereocenters. The summed E-state index contributed by atoms with van der Waals surface area (Å²) in [6.45, 7) is 4.66. The minimum atomic E-state index is 0.593. The summed E-state index contributed by atoms with van der Waals surface area (Å²) < 4.78 is 7.33. The second-order valence-corrected chi connectivity index (χ2v) is 5.94. The Morgan fingerprint density at radius 2 is 1.80 bits per heavy atom. The van der Waals surface area contributed by atoms with Gasteiger partial charge in [-0.05, 0) is 53.9 Å². The van der Waals surface area contributed by atoms with Crippen LogP contribution in [0.3, 0.4) is 0 Å². The molecule has 2 nitrogen and oxygen atoms in total. The molecule has 20 heavy (non-hydrogen) atoms. The summed E-state index contributed by atoms with van der Waals surface area (Å²) in [5.74, 6) is 0.939. The maximum Gasteiger partial charge on any atom is 0.125 e. The van der Waals surface area contributed by atoms with Gasteiger partial charge >= 0.3 is 0 Å². The van der Waals surface area contributed by atoms with E-state index >= 15 is 0 Å². The fourth-order valence-electron chi connectivity index (χ4n) is 2.51. The molecule has 0 saturated heterocycles. The Morgan fingerprint density at radius 1 is 1.10 bits per heavy atom. The highest BCUT2D eigenvalue weighted by Crippen LogP contribution is 2.30. The maximum atomic E-state index is 6.03. The molecule has 0 aliphatic heterocycles. The average molecular weight is 283 g/mol. The van der Waals surface area contributed by atoms with Crippen LogP contribution in [0.5, 0.6) is 5.75 Å². The Morgan fingerprint density at radius 3 is 2.55 bits per heavy atom. The van der Waals surface area contributed by atoms with Crippen LogP contribution in [0.2, 0.25) is 0 Å². The Labute approximate surface area is 122 Å². The first kappa shape index (κ1) is 13.0. The highest BCUT2D eigenvalue weighted by atomic mass is 32.1. The molecule has 2 N–H and O–H groups in total. The summed E-state index contributed by atoms with van der Waals surface area (Å²) in [5, 5.41) is 3.45. The van der Waals surface area contributed by atoms with Crippen molar-refractivity contribution in [3.05, 3.63) is 58.5 Å². The molecule has 0 atom stereocenters. The lowest BCUT2D eigenvalue weighted by Gasteiger charge is -2.12. The van der Waals surface area contributed by atoms with Crippen molar-refractivity contribution in [2.75, 3.05) is 5.73 Å². The van der Waals surface area contributed by atoms with Gasteiger partial charge in [-0.25, -0.2) is 0 Å². The summed E-state index contributed by atoms with van der Waals surface area (Å²) in [7, 11) is 0. The molecule has 0 spiro atoms. The number of aryl methyl sites for hydroxylation is 2. The molecule has 2 aromatic carbocycles. The van der Waals surface area contributed by atoms with Crippen molar-refractivity contribution in [1.82, 2.24) is 0 Å². The van der Waals surface area contributed by atoms with E-state index in [0.717, 1.165) is 22.6 Å². The first-order chi connectivity index (χ1) is 9.65. The van der Waals surface area contributed by atoms with Gasteiger partial charge in [0.2, 0.25) is 0 Å². The smallest absolute Gasteiger partial charge is 0.125 e. The van der Waals surface area contributed by atoms with E-state index in [9.17, 15) is 0 Å². The molecule has 102 valence electrons. The van der Waals surface area contributed by atoms with Gasteiger partial charge in [-0.3, -0.25) is 0 Å². The zero-order chi connectivity index (χ0) is 14.1. The lowest BCUT2D eigenvalue weighted by atomic mass is 10.1. The largest absolute Gasteiger partial charge is 0.488 e. The first-order valence-corrected chi connectivity index (χ1v) is 7.48. The summed E-state index contributed by atoms with van der Waals surface area (Å²) in [5.41, 5.74) is 10.0. The van der Waals surface area contributed by atoms with Crippen LogP contribution in [0.25, 0.3) is 10.1 Å². The van der Waals surface area contributed by atoms with Crippen LogP contribution >= 0.6 is 11.3 Å². The molecule has 0 bridgehead atoms. The van der Waals surface area contributed by atoms with Gasteiger partial charge in [0.05, 0.1) is 0 Å². The minimum absolute atomic E-state index is 0.593. The number of fused-ring (bicyclic) bond motifs is 1. The highest BCUT2D eigenvalue weighted by Gasteiger charge is 2.08. The average Bonchev–Trinajstić information content (AvgIpc) is 2.81. The third kappa shape index (κ3) is 2.37. The van der Waals surface area contributed by atoms with Gasteiger partial charge in [0.25, 0.3) is 0 Å². The van der Waals surface area contributed by atoms with Crippen molar-refractivity contribution in [1.29, 1.82) is 0 Å². The van der Waals surface area contributed by atoms with E-state index in [4.69, 9.17) is 10.5 Å². The molecule has 0 radical (unpaired) electrons. The van der Waals surface area contributed by atoms with E-state index < -0.39 is 0 Å². The van der Waals surface area contributed by atoms with E-state index in [-0.39, 0.29) is 0 Å². The van der Waals surface area contributed by atoms with Gasteiger partial charge in [-0.15, -0.1) is 11.3 Å². The van der Waals surface area contributed by atoms with Crippen LogP contribution in [0, 0.1) is 13.8 Å². The van der Waals surface area contributed by atoms with Crippen LogP contribution in [-0.2, 0) is 6.61 Å². The number of nitrogen functional groups attached to an aromatic ring is 1. The molecule has 1 heterocycles. The number of hydrogen-bond donors (Lipinski definition) is 1. The molecule has 0 aliphatic carbocycles. The van der Waals surface area contributed by atoms with Crippen molar-refractivity contribution in [2.24, 2.45) is 0 Å². The van der Waals surface area contributed by atoms with E-state index in [1.165, 1.54) is 15.6 Å². The van der Waals surface area contributed by atoms with Gasteiger partial charge in [-0.1, -0.05) is 18.2 Å². The number of benzene rings is 2. The van der Waals surface area contributed by atoms with Gasteiger partial charge in [0, 0.05) is 16.0 Å². The monoisotopic (exact) mass is 283 g/mol. The third-order valence-corrected chi connectivity index (χ3v) is 4.43. The Hall–Kier alpha value is -2.00. The number of thiophene rings is 1. The Bertz CT molecular complexity index is 738. The van der Waals surface area contributed by atoms with Gasteiger partial charge in [-0.2, -0.15) is 0 Å². The second kappa shape index (κ2) is 5.17. The number of hydrogen-bond acceptors (Lipinski definition) is 3. The number of anilines is 1.